The quantitative estimate of drug-likeness (QED) is 0.877. The Balaban J connectivity index is 2.02. The van der Waals surface area contributed by atoms with Crippen LogP contribution in [0.3, 0.4) is 0 Å². The van der Waals surface area contributed by atoms with Crippen LogP contribution in [0, 0.1) is 0 Å². The van der Waals surface area contributed by atoms with Gasteiger partial charge in [-0.15, -0.1) is 0 Å². The number of hydrogen-bond acceptors (Lipinski definition) is 5. The fourth-order valence-corrected chi connectivity index (χ4v) is 1.86. The summed E-state index contributed by atoms with van der Waals surface area (Å²) in [7, 11) is 0. The SMILES string of the molecule is CC(N)Cc1ccccc1OCc1noc(C(C)C)n1. The van der Waals surface area contributed by atoms with Crippen molar-refractivity contribution in [3.05, 3.63) is 41.5 Å². The molecule has 2 N–H and O–H groups in total. The molecular weight excluding hydrogens is 254 g/mol. The highest BCUT2D eigenvalue weighted by Gasteiger charge is 2.11. The Morgan fingerprint density at radius 3 is 2.65 bits per heavy atom. The first-order chi connectivity index (χ1) is 9.56. The summed E-state index contributed by atoms with van der Waals surface area (Å²) in [5.74, 6) is 2.24. The molecule has 1 heterocycles. The summed E-state index contributed by atoms with van der Waals surface area (Å²) in [6.07, 6.45) is 0.777. The van der Waals surface area contributed by atoms with Gasteiger partial charge in [-0.25, -0.2) is 0 Å². The number of nitrogens with two attached hydrogens (primary N) is 1. The molecule has 0 aliphatic heterocycles. The lowest BCUT2D eigenvalue weighted by atomic mass is 10.1. The molecule has 0 saturated heterocycles. The largest absolute Gasteiger partial charge is 0.485 e. The molecule has 2 rings (SSSR count). The third-order valence-corrected chi connectivity index (χ3v) is 2.85. The average Bonchev–Trinajstić information content (AvgIpc) is 2.86. The second-order valence-corrected chi connectivity index (χ2v) is 5.28. The topological polar surface area (TPSA) is 74.2 Å². The van der Waals surface area contributed by atoms with Crippen molar-refractivity contribution in [2.75, 3.05) is 0 Å². The van der Waals surface area contributed by atoms with E-state index in [1.54, 1.807) is 0 Å². The predicted octanol–water partition coefficient (Wildman–Crippen LogP) is 2.66. The summed E-state index contributed by atoms with van der Waals surface area (Å²) in [6, 6.07) is 7.97. The Labute approximate surface area is 119 Å². The van der Waals surface area contributed by atoms with Gasteiger partial charge in [-0.1, -0.05) is 37.2 Å². The van der Waals surface area contributed by atoms with Crippen molar-refractivity contribution < 1.29 is 9.26 Å². The second-order valence-electron chi connectivity index (χ2n) is 5.28. The molecule has 0 spiro atoms. The van der Waals surface area contributed by atoms with Gasteiger partial charge in [0, 0.05) is 12.0 Å². The zero-order valence-electron chi connectivity index (χ0n) is 12.2. The van der Waals surface area contributed by atoms with Crippen molar-refractivity contribution in [3.63, 3.8) is 0 Å². The van der Waals surface area contributed by atoms with Gasteiger partial charge in [0.2, 0.25) is 11.7 Å². The van der Waals surface area contributed by atoms with Crippen LogP contribution in [0.2, 0.25) is 0 Å². The van der Waals surface area contributed by atoms with Crippen molar-refractivity contribution >= 4 is 0 Å². The van der Waals surface area contributed by atoms with Gasteiger partial charge in [0.1, 0.15) is 5.75 Å². The minimum absolute atomic E-state index is 0.0949. The average molecular weight is 275 g/mol. The Morgan fingerprint density at radius 2 is 2.00 bits per heavy atom. The van der Waals surface area contributed by atoms with E-state index in [0.717, 1.165) is 17.7 Å². The lowest BCUT2D eigenvalue weighted by Gasteiger charge is -2.11. The van der Waals surface area contributed by atoms with Crippen LogP contribution >= 0.6 is 0 Å². The van der Waals surface area contributed by atoms with Crippen LogP contribution in [0.15, 0.2) is 28.8 Å². The molecule has 0 saturated carbocycles. The third-order valence-electron chi connectivity index (χ3n) is 2.85. The molecule has 20 heavy (non-hydrogen) atoms. The van der Waals surface area contributed by atoms with Gasteiger partial charge in [0.05, 0.1) is 0 Å². The highest BCUT2D eigenvalue weighted by molar-refractivity contribution is 5.33. The zero-order valence-corrected chi connectivity index (χ0v) is 12.2. The van der Waals surface area contributed by atoms with E-state index in [2.05, 4.69) is 10.1 Å². The van der Waals surface area contributed by atoms with Crippen LogP contribution in [0.25, 0.3) is 0 Å². The molecular formula is C15H21N3O2. The Hall–Kier alpha value is -1.88. The molecule has 0 radical (unpaired) electrons. The number of para-hydroxylation sites is 1. The van der Waals surface area contributed by atoms with Crippen LogP contribution < -0.4 is 10.5 Å². The van der Waals surface area contributed by atoms with Crippen molar-refractivity contribution in [1.82, 2.24) is 10.1 Å². The molecule has 1 unspecified atom stereocenters. The molecule has 0 aliphatic carbocycles. The van der Waals surface area contributed by atoms with E-state index in [0.29, 0.717) is 18.3 Å². The monoisotopic (exact) mass is 275 g/mol. The van der Waals surface area contributed by atoms with Crippen molar-refractivity contribution in [2.24, 2.45) is 5.73 Å². The molecule has 5 nitrogen and oxygen atoms in total. The summed E-state index contributed by atoms with van der Waals surface area (Å²) in [6.45, 7) is 6.29. The first-order valence-corrected chi connectivity index (χ1v) is 6.85. The van der Waals surface area contributed by atoms with E-state index < -0.39 is 0 Å². The fourth-order valence-electron chi connectivity index (χ4n) is 1.86. The highest BCUT2D eigenvalue weighted by atomic mass is 16.5. The summed E-state index contributed by atoms with van der Waals surface area (Å²) < 4.78 is 10.9. The van der Waals surface area contributed by atoms with E-state index in [-0.39, 0.29) is 12.0 Å². The van der Waals surface area contributed by atoms with Crippen molar-refractivity contribution in [3.8, 4) is 5.75 Å². The fraction of sp³-hybridized carbons (Fsp3) is 0.467. The Kier molecular flexibility index (Phi) is 4.74. The highest BCUT2D eigenvalue weighted by Crippen LogP contribution is 2.20. The lowest BCUT2D eigenvalue weighted by molar-refractivity contribution is 0.281. The third kappa shape index (κ3) is 3.81. The van der Waals surface area contributed by atoms with Crippen LogP contribution in [-0.4, -0.2) is 16.2 Å². The van der Waals surface area contributed by atoms with Crippen molar-refractivity contribution in [1.29, 1.82) is 0 Å². The summed E-state index contributed by atoms with van der Waals surface area (Å²) >= 11 is 0. The van der Waals surface area contributed by atoms with Crippen molar-refractivity contribution in [2.45, 2.75) is 45.8 Å². The zero-order chi connectivity index (χ0) is 14.5. The second kappa shape index (κ2) is 6.52. The van der Waals surface area contributed by atoms with E-state index in [4.69, 9.17) is 15.0 Å². The van der Waals surface area contributed by atoms with Gasteiger partial charge in [0.15, 0.2) is 6.61 Å². The number of nitrogens with zero attached hydrogens (tertiary/aromatic N) is 2. The number of benzene rings is 1. The molecule has 1 atom stereocenters. The maximum absolute atomic E-state index is 5.84. The summed E-state index contributed by atoms with van der Waals surface area (Å²) in [4.78, 5) is 4.29. The number of ether oxygens (including phenoxy) is 1. The molecule has 0 bridgehead atoms. The first-order valence-electron chi connectivity index (χ1n) is 6.85. The van der Waals surface area contributed by atoms with Crippen LogP contribution in [0.4, 0.5) is 0 Å². The molecule has 5 heteroatoms. The molecule has 2 aromatic rings. The standard InChI is InChI=1S/C15H21N3O2/c1-10(2)15-17-14(18-20-15)9-19-13-7-5-4-6-12(13)8-11(3)16/h4-7,10-11H,8-9,16H2,1-3H3. The van der Waals surface area contributed by atoms with Gasteiger partial charge in [-0.05, 0) is 25.0 Å². The number of rotatable bonds is 6. The van der Waals surface area contributed by atoms with Gasteiger partial charge < -0.3 is 15.0 Å². The smallest absolute Gasteiger partial charge is 0.229 e. The van der Waals surface area contributed by atoms with E-state index in [9.17, 15) is 0 Å². The van der Waals surface area contributed by atoms with Gasteiger partial charge in [0.25, 0.3) is 0 Å². The molecule has 1 aromatic carbocycles. The Morgan fingerprint density at radius 1 is 1.25 bits per heavy atom. The molecule has 108 valence electrons. The minimum atomic E-state index is 0.0949. The summed E-state index contributed by atoms with van der Waals surface area (Å²) in [5, 5.41) is 3.91. The van der Waals surface area contributed by atoms with Crippen LogP contribution in [-0.2, 0) is 13.0 Å². The van der Waals surface area contributed by atoms with E-state index >= 15 is 0 Å². The number of aromatic nitrogens is 2. The maximum Gasteiger partial charge on any atom is 0.229 e. The van der Waals surface area contributed by atoms with E-state index in [1.807, 2.05) is 45.0 Å². The first kappa shape index (κ1) is 14.5. The van der Waals surface area contributed by atoms with Gasteiger partial charge >= 0.3 is 0 Å². The normalized spacial score (nSPS) is 12.7. The molecule has 0 fully saturated rings. The van der Waals surface area contributed by atoms with Gasteiger partial charge in [-0.2, -0.15) is 4.98 Å². The number of hydrogen-bond donors (Lipinski definition) is 1. The van der Waals surface area contributed by atoms with Crippen LogP contribution in [0.5, 0.6) is 5.75 Å². The van der Waals surface area contributed by atoms with E-state index in [1.165, 1.54) is 0 Å². The van der Waals surface area contributed by atoms with Crippen LogP contribution in [0.1, 0.15) is 44.0 Å². The molecule has 0 amide bonds. The molecule has 1 aromatic heterocycles. The molecule has 0 aliphatic rings. The summed E-state index contributed by atoms with van der Waals surface area (Å²) in [5.41, 5.74) is 6.93. The maximum atomic E-state index is 5.84. The lowest BCUT2D eigenvalue weighted by Crippen LogP contribution is -2.18. The predicted molar refractivity (Wildman–Crippen MR) is 76.5 cm³/mol. The Bertz CT molecular complexity index is 550. The minimum Gasteiger partial charge on any atom is -0.485 e. The van der Waals surface area contributed by atoms with Gasteiger partial charge in [-0.3, -0.25) is 0 Å².